The Morgan fingerprint density at radius 3 is 2.04 bits per heavy atom. The molecule has 130 valence electrons. The van der Waals surface area contributed by atoms with E-state index in [0.717, 1.165) is 31.6 Å². The lowest BCUT2D eigenvalue weighted by atomic mass is 9.92. The normalized spacial score (nSPS) is 31.5. The SMILES string of the molecule is C.CC1CCC(C2COC(c3cc(F)c(F)c(F)c3)OC2)OC1. The van der Waals surface area contributed by atoms with E-state index in [2.05, 4.69) is 6.92 Å². The van der Waals surface area contributed by atoms with E-state index < -0.39 is 23.7 Å². The van der Waals surface area contributed by atoms with E-state index >= 15 is 0 Å². The molecule has 2 saturated heterocycles. The summed E-state index contributed by atoms with van der Waals surface area (Å²) in [5.74, 6) is -3.29. The van der Waals surface area contributed by atoms with Gasteiger partial charge in [-0.05, 0) is 30.9 Å². The molecule has 3 rings (SSSR count). The van der Waals surface area contributed by atoms with E-state index in [0.29, 0.717) is 19.1 Å². The molecule has 0 aromatic heterocycles. The van der Waals surface area contributed by atoms with E-state index in [1.165, 1.54) is 0 Å². The van der Waals surface area contributed by atoms with E-state index in [4.69, 9.17) is 14.2 Å². The molecule has 0 N–H and O–H groups in total. The molecule has 1 aromatic rings. The summed E-state index contributed by atoms with van der Waals surface area (Å²) >= 11 is 0. The summed E-state index contributed by atoms with van der Waals surface area (Å²) in [6, 6.07) is 1.81. The van der Waals surface area contributed by atoms with E-state index in [9.17, 15) is 13.2 Å². The van der Waals surface area contributed by atoms with Crippen molar-refractivity contribution in [1.29, 1.82) is 0 Å². The molecule has 1 aromatic carbocycles. The van der Waals surface area contributed by atoms with E-state index in [-0.39, 0.29) is 25.0 Å². The fourth-order valence-corrected chi connectivity index (χ4v) is 2.91. The molecule has 2 aliphatic rings. The quantitative estimate of drug-likeness (QED) is 0.759. The van der Waals surface area contributed by atoms with Gasteiger partial charge in [-0.2, -0.15) is 0 Å². The van der Waals surface area contributed by atoms with Crippen LogP contribution in [0, 0.1) is 29.3 Å². The fourth-order valence-electron chi connectivity index (χ4n) is 2.91. The molecular weight excluding hydrogens is 309 g/mol. The first-order chi connectivity index (χ1) is 10.5. The van der Waals surface area contributed by atoms with Crippen molar-refractivity contribution in [2.45, 2.75) is 39.6 Å². The van der Waals surface area contributed by atoms with Gasteiger partial charge in [0.15, 0.2) is 23.7 Å². The molecule has 3 nitrogen and oxygen atoms in total. The highest BCUT2D eigenvalue weighted by atomic mass is 19.2. The lowest BCUT2D eigenvalue weighted by Gasteiger charge is -2.37. The van der Waals surface area contributed by atoms with Crippen LogP contribution >= 0.6 is 0 Å². The maximum Gasteiger partial charge on any atom is 0.194 e. The van der Waals surface area contributed by atoms with Crippen molar-refractivity contribution in [2.75, 3.05) is 19.8 Å². The number of halogens is 3. The van der Waals surface area contributed by atoms with Gasteiger partial charge in [0.1, 0.15) is 0 Å². The smallest absolute Gasteiger partial charge is 0.194 e. The maximum absolute atomic E-state index is 13.3. The zero-order chi connectivity index (χ0) is 15.7. The van der Waals surface area contributed by atoms with Crippen LogP contribution in [0.4, 0.5) is 13.2 Å². The standard InChI is InChI=1S/C16H19F3O3.CH4/c1-9-2-3-14(20-6-9)11-7-21-16(22-8-11)10-4-12(17)15(19)13(18)5-10;/h4-5,9,11,14,16H,2-3,6-8H2,1H3;1H4. The van der Waals surface area contributed by atoms with Gasteiger partial charge in [-0.25, -0.2) is 13.2 Å². The molecule has 0 radical (unpaired) electrons. The number of hydrogen-bond donors (Lipinski definition) is 0. The summed E-state index contributed by atoms with van der Waals surface area (Å²) in [6.07, 6.45) is 1.30. The maximum atomic E-state index is 13.3. The largest absolute Gasteiger partial charge is 0.377 e. The Morgan fingerprint density at radius 1 is 0.913 bits per heavy atom. The third-order valence-electron chi connectivity index (χ3n) is 4.27. The van der Waals surface area contributed by atoms with Gasteiger partial charge in [0.05, 0.1) is 19.3 Å². The Kier molecular flexibility index (Phi) is 6.06. The second-order valence-corrected chi connectivity index (χ2v) is 6.11. The molecule has 0 amide bonds. The van der Waals surface area contributed by atoms with Gasteiger partial charge in [0.25, 0.3) is 0 Å². The molecule has 23 heavy (non-hydrogen) atoms. The first-order valence-corrected chi connectivity index (χ1v) is 7.54. The Morgan fingerprint density at radius 2 is 1.52 bits per heavy atom. The second-order valence-electron chi connectivity index (χ2n) is 6.11. The van der Waals surface area contributed by atoms with Gasteiger partial charge in [-0.15, -0.1) is 0 Å². The molecule has 2 heterocycles. The first-order valence-electron chi connectivity index (χ1n) is 7.54. The lowest BCUT2D eigenvalue weighted by molar-refractivity contribution is -0.227. The summed E-state index contributed by atoms with van der Waals surface area (Å²) in [5, 5.41) is 0. The highest BCUT2D eigenvalue weighted by Crippen LogP contribution is 2.32. The highest BCUT2D eigenvalue weighted by molar-refractivity contribution is 5.20. The number of ether oxygens (including phenoxy) is 3. The summed E-state index contributed by atoms with van der Waals surface area (Å²) < 4.78 is 56.4. The first kappa shape index (κ1) is 18.2. The minimum absolute atomic E-state index is 0. The topological polar surface area (TPSA) is 27.7 Å². The van der Waals surface area contributed by atoms with Crippen molar-refractivity contribution in [2.24, 2.45) is 11.8 Å². The fraction of sp³-hybridized carbons (Fsp3) is 0.647. The van der Waals surface area contributed by atoms with Crippen LogP contribution in [-0.4, -0.2) is 25.9 Å². The molecule has 2 fully saturated rings. The van der Waals surface area contributed by atoms with Crippen LogP contribution in [0.3, 0.4) is 0 Å². The van der Waals surface area contributed by atoms with Crippen molar-refractivity contribution in [3.63, 3.8) is 0 Å². The number of benzene rings is 1. The lowest BCUT2D eigenvalue weighted by Crippen LogP contribution is -2.39. The summed E-state index contributed by atoms with van der Waals surface area (Å²) in [4.78, 5) is 0. The van der Waals surface area contributed by atoms with Crippen molar-refractivity contribution >= 4 is 0 Å². The van der Waals surface area contributed by atoms with Gasteiger partial charge in [0.2, 0.25) is 0 Å². The summed E-state index contributed by atoms with van der Waals surface area (Å²) in [6.45, 7) is 3.67. The van der Waals surface area contributed by atoms with Crippen LogP contribution in [0.1, 0.15) is 39.0 Å². The average Bonchev–Trinajstić information content (AvgIpc) is 2.53. The van der Waals surface area contributed by atoms with Crippen LogP contribution in [0.15, 0.2) is 12.1 Å². The van der Waals surface area contributed by atoms with Crippen LogP contribution in [0.2, 0.25) is 0 Å². The molecule has 0 saturated carbocycles. The minimum Gasteiger partial charge on any atom is -0.377 e. The molecule has 6 heteroatoms. The predicted molar refractivity (Wildman–Crippen MR) is 79.3 cm³/mol. The molecule has 2 unspecified atom stereocenters. The van der Waals surface area contributed by atoms with Crippen molar-refractivity contribution in [3.8, 4) is 0 Å². The van der Waals surface area contributed by atoms with Crippen molar-refractivity contribution in [3.05, 3.63) is 35.1 Å². The average molecular weight is 332 g/mol. The highest BCUT2D eigenvalue weighted by Gasteiger charge is 2.33. The zero-order valence-electron chi connectivity index (χ0n) is 12.4. The van der Waals surface area contributed by atoms with Gasteiger partial charge in [-0.3, -0.25) is 0 Å². The van der Waals surface area contributed by atoms with Crippen molar-refractivity contribution < 1.29 is 27.4 Å². The Balaban J connectivity index is 0.00000192. The van der Waals surface area contributed by atoms with Crippen molar-refractivity contribution in [1.82, 2.24) is 0 Å². The van der Waals surface area contributed by atoms with Crippen LogP contribution in [0.5, 0.6) is 0 Å². The molecule has 0 aliphatic carbocycles. The van der Waals surface area contributed by atoms with Gasteiger partial charge in [-0.1, -0.05) is 14.4 Å². The van der Waals surface area contributed by atoms with Gasteiger partial charge < -0.3 is 14.2 Å². The van der Waals surface area contributed by atoms with Gasteiger partial charge in [0, 0.05) is 18.1 Å². The monoisotopic (exact) mass is 332 g/mol. The summed E-state index contributed by atoms with van der Waals surface area (Å²) in [7, 11) is 0. The number of hydrogen-bond acceptors (Lipinski definition) is 3. The zero-order valence-corrected chi connectivity index (χ0v) is 12.4. The predicted octanol–water partition coefficient (Wildman–Crippen LogP) is 4.22. The Hall–Kier alpha value is -1.11. The van der Waals surface area contributed by atoms with E-state index in [1.807, 2.05) is 0 Å². The van der Waals surface area contributed by atoms with Gasteiger partial charge >= 0.3 is 0 Å². The third-order valence-corrected chi connectivity index (χ3v) is 4.27. The van der Waals surface area contributed by atoms with Crippen LogP contribution < -0.4 is 0 Å². The number of rotatable bonds is 2. The van der Waals surface area contributed by atoms with Crippen LogP contribution in [-0.2, 0) is 14.2 Å². The second kappa shape index (κ2) is 7.64. The molecule has 0 spiro atoms. The van der Waals surface area contributed by atoms with E-state index in [1.54, 1.807) is 0 Å². The Bertz CT molecular complexity index is 499. The molecule has 2 atom stereocenters. The minimum atomic E-state index is -1.48. The summed E-state index contributed by atoms with van der Waals surface area (Å²) in [5.41, 5.74) is 0.146. The third kappa shape index (κ3) is 4.05. The van der Waals surface area contributed by atoms with Crippen LogP contribution in [0.25, 0.3) is 0 Å². The molecule has 0 bridgehead atoms. The molecule has 2 aliphatic heterocycles. The Labute approximate surface area is 134 Å². The molecular formula is C17H23F3O3.